The summed E-state index contributed by atoms with van der Waals surface area (Å²) in [5.74, 6) is 0.823. The summed E-state index contributed by atoms with van der Waals surface area (Å²) < 4.78 is 18.5. The number of hydrogen-bond donors (Lipinski definition) is 0. The van der Waals surface area contributed by atoms with E-state index < -0.39 is 0 Å². The molecule has 1 aliphatic rings. The maximum absolute atomic E-state index is 13.0. The third-order valence-electron chi connectivity index (χ3n) is 4.30. The fourth-order valence-electron chi connectivity index (χ4n) is 3.27. The van der Waals surface area contributed by atoms with Crippen LogP contribution >= 0.6 is 0 Å². The summed E-state index contributed by atoms with van der Waals surface area (Å²) in [5, 5.41) is 4.13. The summed E-state index contributed by atoms with van der Waals surface area (Å²) in [5.41, 5.74) is 3.41. The first-order valence-corrected chi connectivity index (χ1v) is 7.62. The lowest BCUT2D eigenvalue weighted by Crippen LogP contribution is -2.23. The van der Waals surface area contributed by atoms with Crippen LogP contribution in [0.2, 0.25) is 0 Å². The monoisotopic (exact) mass is 288 g/mol. The highest BCUT2D eigenvalue weighted by molar-refractivity contribution is 5.27. The minimum absolute atomic E-state index is 0.181. The van der Waals surface area contributed by atoms with Crippen molar-refractivity contribution >= 4 is 0 Å². The second-order valence-corrected chi connectivity index (χ2v) is 5.71. The van der Waals surface area contributed by atoms with Crippen molar-refractivity contribution in [3.63, 3.8) is 0 Å². The van der Waals surface area contributed by atoms with Gasteiger partial charge < -0.3 is 4.52 Å². The van der Waals surface area contributed by atoms with Gasteiger partial charge in [-0.2, -0.15) is 0 Å². The Morgan fingerprint density at radius 3 is 2.81 bits per heavy atom. The Hall–Kier alpha value is -1.68. The summed E-state index contributed by atoms with van der Waals surface area (Å²) in [6, 6.07) is 7.17. The second kappa shape index (κ2) is 5.98. The van der Waals surface area contributed by atoms with Gasteiger partial charge in [-0.1, -0.05) is 24.2 Å². The third-order valence-corrected chi connectivity index (χ3v) is 4.30. The molecule has 0 spiro atoms. The molecule has 0 amide bonds. The Balaban J connectivity index is 1.82. The lowest BCUT2D eigenvalue weighted by atomic mass is 10.0. The number of benzene rings is 1. The van der Waals surface area contributed by atoms with E-state index in [4.69, 9.17) is 4.52 Å². The molecule has 0 saturated carbocycles. The van der Waals surface area contributed by atoms with Gasteiger partial charge in [-0.3, -0.25) is 4.90 Å². The number of nitrogens with zero attached hydrogens (tertiary/aromatic N) is 2. The number of rotatable bonds is 4. The van der Waals surface area contributed by atoms with Gasteiger partial charge in [-0.15, -0.1) is 0 Å². The average molecular weight is 288 g/mol. The quantitative estimate of drug-likeness (QED) is 0.851. The van der Waals surface area contributed by atoms with Crippen LogP contribution in [0.15, 0.2) is 28.8 Å². The third kappa shape index (κ3) is 2.86. The lowest BCUT2D eigenvalue weighted by Gasteiger charge is -2.24. The molecule has 0 radical (unpaired) electrons. The molecular weight excluding hydrogens is 267 g/mol. The van der Waals surface area contributed by atoms with Crippen LogP contribution in [0.3, 0.4) is 0 Å². The van der Waals surface area contributed by atoms with E-state index in [1.165, 1.54) is 24.1 Å². The van der Waals surface area contributed by atoms with Crippen LogP contribution in [0.25, 0.3) is 0 Å². The van der Waals surface area contributed by atoms with E-state index >= 15 is 0 Å². The topological polar surface area (TPSA) is 29.3 Å². The standard InChI is InChI=1S/C17H21FN2O/c1-3-16-17(12(2)19-21-16)15-5-4-10-20(15)11-13-6-8-14(18)9-7-13/h6-9,15H,3-5,10-11H2,1-2H3/t15-/m1/s1. The minimum atomic E-state index is -0.181. The van der Waals surface area contributed by atoms with Crippen molar-refractivity contribution in [2.45, 2.75) is 45.7 Å². The molecule has 1 saturated heterocycles. The number of aromatic nitrogens is 1. The summed E-state index contributed by atoms with van der Waals surface area (Å²) >= 11 is 0. The molecule has 3 nitrogen and oxygen atoms in total. The first-order chi connectivity index (χ1) is 10.2. The smallest absolute Gasteiger partial charge is 0.141 e. The predicted octanol–water partition coefficient (Wildman–Crippen LogP) is 4.02. The first-order valence-electron chi connectivity index (χ1n) is 7.62. The molecular formula is C17H21FN2O. The van der Waals surface area contributed by atoms with Gasteiger partial charge in [0.2, 0.25) is 0 Å². The molecule has 1 aromatic heterocycles. The maximum Gasteiger partial charge on any atom is 0.141 e. The molecule has 21 heavy (non-hydrogen) atoms. The van der Waals surface area contributed by atoms with E-state index in [0.29, 0.717) is 6.04 Å². The SMILES string of the molecule is CCc1onc(C)c1[C@H]1CCCN1Cc1ccc(F)cc1. The van der Waals surface area contributed by atoms with E-state index in [0.717, 1.165) is 42.9 Å². The van der Waals surface area contributed by atoms with Crippen LogP contribution in [0, 0.1) is 12.7 Å². The van der Waals surface area contributed by atoms with Crippen molar-refractivity contribution in [2.75, 3.05) is 6.54 Å². The molecule has 0 N–H and O–H groups in total. The Morgan fingerprint density at radius 1 is 1.33 bits per heavy atom. The van der Waals surface area contributed by atoms with Crippen molar-refractivity contribution in [1.29, 1.82) is 0 Å². The Bertz CT molecular complexity index is 606. The van der Waals surface area contributed by atoms with E-state index in [2.05, 4.69) is 17.0 Å². The molecule has 3 rings (SSSR count). The highest BCUT2D eigenvalue weighted by Crippen LogP contribution is 2.36. The Morgan fingerprint density at radius 2 is 2.10 bits per heavy atom. The Kier molecular flexibility index (Phi) is 4.06. The van der Waals surface area contributed by atoms with Gasteiger partial charge in [0, 0.05) is 24.6 Å². The van der Waals surface area contributed by atoms with Crippen LogP contribution in [0.4, 0.5) is 4.39 Å². The van der Waals surface area contributed by atoms with Crippen LogP contribution in [-0.4, -0.2) is 16.6 Å². The molecule has 0 unspecified atom stereocenters. The van der Waals surface area contributed by atoms with Gasteiger partial charge in [0.25, 0.3) is 0 Å². The van der Waals surface area contributed by atoms with Gasteiger partial charge in [0.15, 0.2) is 0 Å². The molecule has 0 bridgehead atoms. The summed E-state index contributed by atoms with van der Waals surface area (Å²) in [4.78, 5) is 2.45. The molecule has 0 aliphatic carbocycles. The fraction of sp³-hybridized carbons (Fsp3) is 0.471. The van der Waals surface area contributed by atoms with E-state index in [1.54, 1.807) is 0 Å². The lowest BCUT2D eigenvalue weighted by molar-refractivity contribution is 0.245. The fourth-order valence-corrected chi connectivity index (χ4v) is 3.27. The second-order valence-electron chi connectivity index (χ2n) is 5.71. The molecule has 1 aliphatic heterocycles. The van der Waals surface area contributed by atoms with Crippen LogP contribution in [0.5, 0.6) is 0 Å². The molecule has 2 aromatic rings. The Labute approximate surface area is 124 Å². The average Bonchev–Trinajstić information content (AvgIpc) is 3.07. The van der Waals surface area contributed by atoms with E-state index in [-0.39, 0.29) is 5.82 Å². The van der Waals surface area contributed by atoms with Crippen molar-refractivity contribution in [2.24, 2.45) is 0 Å². The largest absolute Gasteiger partial charge is 0.361 e. The number of hydrogen-bond acceptors (Lipinski definition) is 3. The molecule has 1 fully saturated rings. The summed E-state index contributed by atoms with van der Waals surface area (Å²) in [6.07, 6.45) is 3.19. The predicted molar refractivity (Wildman–Crippen MR) is 79.4 cm³/mol. The highest BCUT2D eigenvalue weighted by atomic mass is 19.1. The molecule has 1 atom stereocenters. The molecule has 1 aromatic carbocycles. The molecule has 112 valence electrons. The van der Waals surface area contributed by atoms with Gasteiger partial charge in [0.1, 0.15) is 11.6 Å². The molecule has 4 heteroatoms. The zero-order valence-corrected chi connectivity index (χ0v) is 12.6. The van der Waals surface area contributed by atoms with Crippen LogP contribution < -0.4 is 0 Å². The van der Waals surface area contributed by atoms with E-state index in [1.807, 2.05) is 19.1 Å². The van der Waals surface area contributed by atoms with Crippen LogP contribution in [-0.2, 0) is 13.0 Å². The highest BCUT2D eigenvalue weighted by Gasteiger charge is 2.31. The number of aryl methyl sites for hydroxylation is 2. The van der Waals surface area contributed by atoms with E-state index in [9.17, 15) is 4.39 Å². The van der Waals surface area contributed by atoms with Gasteiger partial charge in [-0.25, -0.2) is 4.39 Å². The zero-order valence-electron chi connectivity index (χ0n) is 12.6. The van der Waals surface area contributed by atoms with Gasteiger partial charge in [0.05, 0.1) is 5.69 Å². The molecule has 2 heterocycles. The van der Waals surface area contributed by atoms with Gasteiger partial charge in [-0.05, 0) is 44.0 Å². The van der Waals surface area contributed by atoms with Crippen molar-refractivity contribution < 1.29 is 8.91 Å². The van der Waals surface area contributed by atoms with Crippen molar-refractivity contribution in [1.82, 2.24) is 10.1 Å². The zero-order chi connectivity index (χ0) is 14.8. The van der Waals surface area contributed by atoms with Crippen LogP contribution in [0.1, 0.15) is 48.4 Å². The first kappa shape index (κ1) is 14.3. The number of halogens is 1. The summed E-state index contributed by atoms with van der Waals surface area (Å²) in [6.45, 7) is 6.03. The normalized spacial score (nSPS) is 19.3. The van der Waals surface area contributed by atoms with Gasteiger partial charge >= 0.3 is 0 Å². The minimum Gasteiger partial charge on any atom is -0.361 e. The van der Waals surface area contributed by atoms with Crippen molar-refractivity contribution in [3.05, 3.63) is 52.7 Å². The maximum atomic E-state index is 13.0. The number of likely N-dealkylation sites (tertiary alicyclic amines) is 1. The summed E-state index contributed by atoms with van der Waals surface area (Å²) in [7, 11) is 0. The van der Waals surface area contributed by atoms with Crippen molar-refractivity contribution in [3.8, 4) is 0 Å².